The van der Waals surface area contributed by atoms with Crippen LogP contribution in [0.2, 0.25) is 5.02 Å². The van der Waals surface area contributed by atoms with Crippen LogP contribution in [0.15, 0.2) is 24.3 Å². The molecule has 0 radical (unpaired) electrons. The summed E-state index contributed by atoms with van der Waals surface area (Å²) >= 11 is 8.69. The van der Waals surface area contributed by atoms with E-state index in [2.05, 4.69) is 35.6 Å². The minimum atomic E-state index is 0.161. The summed E-state index contributed by atoms with van der Waals surface area (Å²) in [5.74, 6) is 0. The molecule has 82 valence electrons. The number of hydrogen-bond donors (Lipinski definition) is 0. The van der Waals surface area contributed by atoms with Crippen molar-refractivity contribution in [2.24, 2.45) is 0 Å². The van der Waals surface area contributed by atoms with Gasteiger partial charge in [0.2, 0.25) is 0 Å². The summed E-state index contributed by atoms with van der Waals surface area (Å²) < 4.78 is 6.12. The lowest BCUT2D eigenvalue weighted by molar-refractivity contribution is 0.00549. The molecule has 1 aromatic carbocycles. The Morgan fingerprint density at radius 1 is 1.47 bits per heavy atom. The van der Waals surface area contributed by atoms with Gasteiger partial charge in [-0.3, -0.25) is 0 Å². The van der Waals surface area contributed by atoms with E-state index in [1.54, 1.807) is 0 Å². The Labute approximate surface area is 109 Å². The highest BCUT2D eigenvalue weighted by Crippen LogP contribution is 2.41. The average Bonchev–Trinajstić information content (AvgIpc) is 2.17. The predicted molar refractivity (Wildman–Crippen MR) is 71.8 cm³/mol. The van der Waals surface area contributed by atoms with Gasteiger partial charge in [0.15, 0.2) is 0 Å². The van der Waals surface area contributed by atoms with Crippen LogP contribution >= 0.6 is 34.2 Å². The van der Waals surface area contributed by atoms with Crippen molar-refractivity contribution < 1.29 is 4.74 Å². The van der Waals surface area contributed by atoms with Crippen LogP contribution in [0.4, 0.5) is 0 Å². The van der Waals surface area contributed by atoms with Gasteiger partial charge in [-0.2, -0.15) is 0 Å². The first-order chi connectivity index (χ1) is 7.08. The quantitative estimate of drug-likeness (QED) is 0.546. The Hall–Kier alpha value is 0.200. The van der Waals surface area contributed by atoms with Gasteiger partial charge >= 0.3 is 0 Å². The van der Waals surface area contributed by atoms with Gasteiger partial charge in [-0.25, -0.2) is 0 Å². The van der Waals surface area contributed by atoms with Crippen molar-refractivity contribution in [3.63, 3.8) is 0 Å². The minimum Gasteiger partial charge on any atom is -0.373 e. The molecule has 0 aromatic heterocycles. The Kier molecular flexibility index (Phi) is 3.58. The van der Waals surface area contributed by atoms with Gasteiger partial charge in [-0.15, -0.1) is 0 Å². The van der Waals surface area contributed by atoms with E-state index in [1.165, 1.54) is 0 Å². The number of rotatable bonds is 1. The van der Waals surface area contributed by atoms with Crippen LogP contribution in [0.5, 0.6) is 0 Å². The van der Waals surface area contributed by atoms with E-state index in [1.807, 2.05) is 18.2 Å². The maximum atomic E-state index is 6.17. The molecule has 1 heterocycles. The van der Waals surface area contributed by atoms with Crippen molar-refractivity contribution in [3.05, 3.63) is 34.9 Å². The highest BCUT2D eigenvalue weighted by Gasteiger charge is 2.31. The van der Waals surface area contributed by atoms with Gasteiger partial charge in [0, 0.05) is 15.1 Å². The Morgan fingerprint density at radius 2 is 2.20 bits per heavy atom. The molecule has 1 aliphatic rings. The molecule has 0 spiro atoms. The van der Waals surface area contributed by atoms with Gasteiger partial charge in [-0.1, -0.05) is 59.3 Å². The largest absolute Gasteiger partial charge is 0.373 e. The topological polar surface area (TPSA) is 9.23 Å². The monoisotopic (exact) mass is 336 g/mol. The molecular formula is C12H14ClIO. The number of hydrogen-bond acceptors (Lipinski definition) is 1. The van der Waals surface area contributed by atoms with Crippen LogP contribution in [-0.4, -0.2) is 10.0 Å². The smallest absolute Gasteiger partial charge is 0.0851 e. The van der Waals surface area contributed by atoms with Crippen molar-refractivity contribution in [3.8, 4) is 0 Å². The van der Waals surface area contributed by atoms with Crippen molar-refractivity contribution in [1.29, 1.82) is 0 Å². The van der Waals surface area contributed by atoms with E-state index in [0.717, 1.165) is 30.0 Å². The lowest BCUT2D eigenvalue weighted by Gasteiger charge is -2.34. The molecule has 2 unspecified atom stereocenters. The van der Waals surface area contributed by atoms with Crippen molar-refractivity contribution in [1.82, 2.24) is 0 Å². The van der Waals surface area contributed by atoms with E-state index < -0.39 is 0 Å². The Balaban J connectivity index is 2.21. The molecule has 0 bridgehead atoms. The number of halogens is 2. The fraction of sp³-hybridized carbons (Fsp3) is 0.500. The van der Waals surface area contributed by atoms with E-state index in [0.29, 0.717) is 3.42 Å². The molecule has 2 rings (SSSR count). The number of ether oxygens (including phenoxy) is 1. The fourth-order valence-electron chi connectivity index (χ4n) is 1.90. The second-order valence-electron chi connectivity index (χ2n) is 4.25. The zero-order chi connectivity index (χ0) is 10.9. The molecule has 1 saturated heterocycles. The first-order valence-corrected chi connectivity index (χ1v) is 6.59. The average molecular weight is 337 g/mol. The number of alkyl halides is 1. The lowest BCUT2D eigenvalue weighted by Crippen LogP contribution is -2.29. The lowest BCUT2D eigenvalue weighted by atomic mass is 9.93. The van der Waals surface area contributed by atoms with Gasteiger partial charge in [0.1, 0.15) is 0 Å². The Bertz CT molecular complexity index is 351. The molecule has 0 saturated carbocycles. The molecule has 3 heteroatoms. The highest BCUT2D eigenvalue weighted by atomic mass is 127. The molecule has 15 heavy (non-hydrogen) atoms. The molecular weight excluding hydrogens is 322 g/mol. The van der Waals surface area contributed by atoms with Gasteiger partial charge in [0.25, 0.3) is 0 Å². The summed E-state index contributed by atoms with van der Waals surface area (Å²) in [4.78, 5) is 0. The van der Waals surface area contributed by atoms with Crippen LogP contribution in [0, 0.1) is 0 Å². The number of benzene rings is 1. The maximum Gasteiger partial charge on any atom is 0.0851 e. The Morgan fingerprint density at radius 3 is 2.87 bits per heavy atom. The predicted octanol–water partition coefficient (Wildman–Crippen LogP) is 4.39. The van der Waals surface area contributed by atoms with Crippen LogP contribution in [0.3, 0.4) is 0 Å². The second-order valence-corrected chi connectivity index (χ2v) is 7.26. The van der Waals surface area contributed by atoms with Crippen LogP contribution < -0.4 is 0 Å². The first-order valence-electron chi connectivity index (χ1n) is 5.13. The zero-order valence-electron chi connectivity index (χ0n) is 8.67. The van der Waals surface area contributed by atoms with Gasteiger partial charge in [-0.05, 0) is 24.5 Å². The van der Waals surface area contributed by atoms with Gasteiger partial charge in [0.05, 0.1) is 6.10 Å². The van der Waals surface area contributed by atoms with E-state index >= 15 is 0 Å². The first kappa shape index (κ1) is 11.7. The van der Waals surface area contributed by atoms with Crippen molar-refractivity contribution in [2.45, 2.75) is 29.3 Å². The summed E-state index contributed by atoms with van der Waals surface area (Å²) in [6.45, 7) is 3.11. The van der Waals surface area contributed by atoms with Crippen molar-refractivity contribution in [2.75, 3.05) is 6.61 Å². The third-order valence-corrected chi connectivity index (χ3v) is 4.13. The van der Waals surface area contributed by atoms with Crippen LogP contribution in [0.25, 0.3) is 0 Å². The summed E-state index contributed by atoms with van der Waals surface area (Å²) in [6, 6.07) is 7.96. The zero-order valence-corrected chi connectivity index (χ0v) is 11.6. The maximum absolute atomic E-state index is 6.17. The standard InChI is InChI=1S/C12H14ClIO/c1-12(14)6-7-15-11(8-12)9-4-2-3-5-10(9)13/h2-5,11H,6-8H2,1H3. The second kappa shape index (κ2) is 4.60. The summed E-state index contributed by atoms with van der Waals surface area (Å²) in [5.41, 5.74) is 1.13. The molecule has 1 fully saturated rings. The molecule has 1 aromatic rings. The van der Waals surface area contributed by atoms with E-state index in [4.69, 9.17) is 16.3 Å². The summed E-state index contributed by atoms with van der Waals surface area (Å²) in [6.07, 6.45) is 2.32. The fourth-order valence-corrected chi connectivity index (χ4v) is 2.78. The van der Waals surface area contributed by atoms with Crippen LogP contribution in [-0.2, 0) is 4.74 Å². The third-order valence-electron chi connectivity index (χ3n) is 2.81. The van der Waals surface area contributed by atoms with Crippen LogP contribution in [0.1, 0.15) is 31.4 Å². The molecule has 1 aliphatic heterocycles. The molecule has 2 atom stereocenters. The highest BCUT2D eigenvalue weighted by molar-refractivity contribution is 14.1. The molecule has 0 aliphatic carbocycles. The van der Waals surface area contributed by atoms with E-state index in [9.17, 15) is 0 Å². The normalized spacial score (nSPS) is 31.5. The van der Waals surface area contributed by atoms with Gasteiger partial charge < -0.3 is 4.74 Å². The summed E-state index contributed by atoms with van der Waals surface area (Å²) in [5, 5.41) is 0.816. The molecule has 0 N–H and O–H groups in total. The van der Waals surface area contributed by atoms with E-state index in [-0.39, 0.29) is 6.10 Å². The van der Waals surface area contributed by atoms with Crippen molar-refractivity contribution >= 4 is 34.2 Å². The SMILES string of the molecule is CC1(I)CCOC(c2ccccc2Cl)C1. The third kappa shape index (κ3) is 2.86. The summed E-state index contributed by atoms with van der Waals surface area (Å²) in [7, 11) is 0. The molecule has 1 nitrogen and oxygen atoms in total. The molecule has 0 amide bonds. The minimum absolute atomic E-state index is 0.161.